The van der Waals surface area contributed by atoms with E-state index < -0.39 is 10.0 Å². The van der Waals surface area contributed by atoms with E-state index in [2.05, 4.69) is 9.71 Å². The second kappa shape index (κ2) is 7.75. The molecule has 8 heteroatoms. The second-order valence-corrected chi connectivity index (χ2v) is 6.96. The molecular weight excluding hydrogens is 306 g/mol. The summed E-state index contributed by atoms with van der Waals surface area (Å²) in [5.41, 5.74) is 0.316. The van der Waals surface area contributed by atoms with Gasteiger partial charge in [0.05, 0.1) is 0 Å². The fourth-order valence-electron chi connectivity index (χ4n) is 2.35. The lowest BCUT2D eigenvalue weighted by atomic mass is 10.4. The van der Waals surface area contributed by atoms with Crippen LogP contribution in [0.3, 0.4) is 0 Å². The number of amides is 1. The summed E-state index contributed by atoms with van der Waals surface area (Å²) >= 11 is 0. The molecule has 1 amide bonds. The number of carbonyl (C=O) groups is 1. The quantitative estimate of drug-likeness (QED) is 0.695. The van der Waals surface area contributed by atoms with Crippen molar-refractivity contribution in [1.29, 1.82) is 0 Å². The highest BCUT2D eigenvalue weighted by molar-refractivity contribution is 7.89. The Morgan fingerprint density at radius 2 is 2.14 bits per heavy atom. The van der Waals surface area contributed by atoms with Crippen LogP contribution >= 0.6 is 0 Å². The highest BCUT2D eigenvalue weighted by Crippen LogP contribution is 2.15. The number of aromatic nitrogens is 1. The summed E-state index contributed by atoms with van der Waals surface area (Å²) < 4.78 is 31.9. The Hall–Kier alpha value is -1.38. The number of ether oxygens (including phenoxy) is 1. The van der Waals surface area contributed by atoms with E-state index in [1.807, 2.05) is 6.92 Å². The highest BCUT2D eigenvalue weighted by Gasteiger charge is 2.23. The first-order valence-electron chi connectivity index (χ1n) is 7.59. The number of sulfonamides is 1. The summed E-state index contributed by atoms with van der Waals surface area (Å²) in [7, 11) is -3.59. The van der Waals surface area contributed by atoms with Gasteiger partial charge in [0.2, 0.25) is 10.0 Å². The van der Waals surface area contributed by atoms with Crippen LogP contribution in [0.2, 0.25) is 0 Å². The van der Waals surface area contributed by atoms with Crippen LogP contribution in [0, 0.1) is 0 Å². The summed E-state index contributed by atoms with van der Waals surface area (Å²) in [6, 6.07) is 1.39. The van der Waals surface area contributed by atoms with E-state index in [1.165, 1.54) is 12.3 Å². The smallest absolute Gasteiger partial charge is 0.270 e. The molecule has 1 aliphatic rings. The third-order valence-corrected chi connectivity index (χ3v) is 4.99. The van der Waals surface area contributed by atoms with Crippen molar-refractivity contribution in [3.05, 3.63) is 18.0 Å². The molecule has 1 saturated heterocycles. The largest absolute Gasteiger partial charge is 0.382 e. The lowest BCUT2D eigenvalue weighted by molar-refractivity contribution is 0.0787. The summed E-state index contributed by atoms with van der Waals surface area (Å²) in [4.78, 5) is 16.8. The SMILES string of the molecule is CCOCCCNS(=O)(=O)c1c[nH]c(C(=O)N2CCCC2)c1. The van der Waals surface area contributed by atoms with Crippen LogP contribution in [0.5, 0.6) is 0 Å². The molecule has 0 bridgehead atoms. The summed E-state index contributed by atoms with van der Waals surface area (Å²) in [6.45, 7) is 4.80. The molecule has 0 spiro atoms. The van der Waals surface area contributed by atoms with Gasteiger partial charge in [-0.05, 0) is 32.3 Å². The number of H-pyrrole nitrogens is 1. The van der Waals surface area contributed by atoms with Crippen molar-refractivity contribution in [3.8, 4) is 0 Å². The minimum Gasteiger partial charge on any atom is -0.382 e. The van der Waals surface area contributed by atoms with E-state index in [0.29, 0.717) is 31.9 Å². The van der Waals surface area contributed by atoms with E-state index in [4.69, 9.17) is 4.74 Å². The van der Waals surface area contributed by atoms with Crippen LogP contribution < -0.4 is 4.72 Å². The summed E-state index contributed by atoms with van der Waals surface area (Å²) in [5, 5.41) is 0. The van der Waals surface area contributed by atoms with Gasteiger partial charge in [-0.15, -0.1) is 0 Å². The van der Waals surface area contributed by atoms with Gasteiger partial charge in [0.1, 0.15) is 10.6 Å². The van der Waals surface area contributed by atoms with E-state index in [9.17, 15) is 13.2 Å². The molecular formula is C14H23N3O4S. The molecule has 0 radical (unpaired) electrons. The maximum absolute atomic E-state index is 12.2. The summed E-state index contributed by atoms with van der Waals surface area (Å²) in [5.74, 6) is -0.143. The molecule has 1 aromatic rings. The molecule has 2 N–H and O–H groups in total. The standard InChI is InChI=1S/C14H23N3O4S/c1-2-21-9-5-6-16-22(19,20)12-10-13(15-11-12)14(18)17-7-3-4-8-17/h10-11,15-16H,2-9H2,1H3. The molecule has 0 atom stereocenters. The number of hydrogen-bond acceptors (Lipinski definition) is 4. The number of aromatic amines is 1. The predicted molar refractivity (Wildman–Crippen MR) is 82.2 cm³/mol. The van der Waals surface area contributed by atoms with Crippen molar-refractivity contribution >= 4 is 15.9 Å². The predicted octanol–water partition coefficient (Wildman–Crippen LogP) is 0.956. The maximum atomic E-state index is 12.2. The molecule has 2 rings (SSSR count). The molecule has 1 aliphatic heterocycles. The van der Waals surface area contributed by atoms with E-state index in [0.717, 1.165) is 25.9 Å². The number of likely N-dealkylation sites (tertiary alicyclic amines) is 1. The second-order valence-electron chi connectivity index (χ2n) is 5.20. The fraction of sp³-hybridized carbons (Fsp3) is 0.643. The van der Waals surface area contributed by atoms with Crippen molar-refractivity contribution in [2.24, 2.45) is 0 Å². The molecule has 0 unspecified atom stereocenters. The van der Waals surface area contributed by atoms with E-state index in [1.54, 1.807) is 4.90 Å². The average molecular weight is 329 g/mol. The zero-order valence-electron chi connectivity index (χ0n) is 12.8. The van der Waals surface area contributed by atoms with Crippen molar-refractivity contribution < 1.29 is 17.9 Å². The van der Waals surface area contributed by atoms with Crippen LogP contribution in [-0.2, 0) is 14.8 Å². The first-order valence-corrected chi connectivity index (χ1v) is 9.08. The molecule has 0 aromatic carbocycles. The number of rotatable bonds is 8. The molecule has 0 saturated carbocycles. The van der Waals surface area contributed by atoms with E-state index in [-0.39, 0.29) is 10.8 Å². The van der Waals surface area contributed by atoms with Crippen molar-refractivity contribution in [2.45, 2.75) is 31.1 Å². The number of carbonyl (C=O) groups excluding carboxylic acids is 1. The van der Waals surface area contributed by atoms with Gasteiger partial charge < -0.3 is 14.6 Å². The fourth-order valence-corrected chi connectivity index (χ4v) is 3.42. The molecule has 7 nitrogen and oxygen atoms in total. The third kappa shape index (κ3) is 4.31. The Balaban J connectivity index is 1.92. The Kier molecular flexibility index (Phi) is 5.98. The van der Waals surface area contributed by atoms with Crippen molar-refractivity contribution in [3.63, 3.8) is 0 Å². The van der Waals surface area contributed by atoms with Gasteiger partial charge in [-0.2, -0.15) is 0 Å². The van der Waals surface area contributed by atoms with Crippen molar-refractivity contribution in [2.75, 3.05) is 32.8 Å². The van der Waals surface area contributed by atoms with Gasteiger partial charge in [0.25, 0.3) is 5.91 Å². The lowest BCUT2D eigenvalue weighted by Crippen LogP contribution is -2.28. The van der Waals surface area contributed by atoms with Crippen LogP contribution in [0.15, 0.2) is 17.2 Å². The third-order valence-electron chi connectivity index (χ3n) is 3.55. The Morgan fingerprint density at radius 1 is 1.41 bits per heavy atom. The van der Waals surface area contributed by atoms with Gasteiger partial charge in [-0.3, -0.25) is 4.79 Å². The number of nitrogens with one attached hydrogen (secondary N) is 2. The van der Waals surface area contributed by atoms with Crippen LogP contribution in [0.25, 0.3) is 0 Å². The van der Waals surface area contributed by atoms with Crippen LogP contribution in [0.4, 0.5) is 0 Å². The van der Waals surface area contributed by atoms with Gasteiger partial charge in [-0.1, -0.05) is 0 Å². The lowest BCUT2D eigenvalue weighted by Gasteiger charge is -2.13. The molecule has 1 aromatic heterocycles. The zero-order valence-corrected chi connectivity index (χ0v) is 13.6. The molecule has 124 valence electrons. The molecule has 22 heavy (non-hydrogen) atoms. The van der Waals surface area contributed by atoms with Crippen LogP contribution in [-0.4, -0.2) is 57.1 Å². The van der Waals surface area contributed by atoms with E-state index >= 15 is 0 Å². The Morgan fingerprint density at radius 3 is 2.82 bits per heavy atom. The van der Waals surface area contributed by atoms with Gasteiger partial charge in [0.15, 0.2) is 0 Å². The van der Waals surface area contributed by atoms with Gasteiger partial charge >= 0.3 is 0 Å². The van der Waals surface area contributed by atoms with Gasteiger partial charge in [-0.25, -0.2) is 13.1 Å². The maximum Gasteiger partial charge on any atom is 0.270 e. The number of nitrogens with zero attached hydrogens (tertiary/aromatic N) is 1. The minimum absolute atomic E-state index is 0.0893. The topological polar surface area (TPSA) is 91.5 Å². The number of hydrogen-bond donors (Lipinski definition) is 2. The molecule has 0 aliphatic carbocycles. The van der Waals surface area contributed by atoms with Crippen LogP contribution in [0.1, 0.15) is 36.7 Å². The Bertz CT molecular complexity index is 591. The van der Waals surface area contributed by atoms with Crippen molar-refractivity contribution in [1.82, 2.24) is 14.6 Å². The molecule has 2 heterocycles. The van der Waals surface area contributed by atoms with Gasteiger partial charge in [0, 0.05) is 39.0 Å². The normalized spacial score (nSPS) is 15.4. The highest BCUT2D eigenvalue weighted by atomic mass is 32.2. The first-order chi connectivity index (χ1) is 10.5. The minimum atomic E-state index is -3.59. The average Bonchev–Trinajstić information content (AvgIpc) is 3.18. The first kappa shape index (κ1) is 17.0. The molecule has 1 fully saturated rings. The Labute approximate surface area is 131 Å². The zero-order chi connectivity index (χ0) is 16.0. The summed E-state index contributed by atoms with van der Waals surface area (Å²) in [6.07, 6.45) is 3.96. The monoisotopic (exact) mass is 329 g/mol.